The van der Waals surface area contributed by atoms with Crippen LogP contribution in [0.2, 0.25) is 0 Å². The number of hydrogen-bond acceptors (Lipinski definition) is 3. The second kappa shape index (κ2) is 7.55. The zero-order valence-electron chi connectivity index (χ0n) is 14.0. The minimum absolute atomic E-state index is 0.0846. The third kappa shape index (κ3) is 4.78. The molecule has 124 valence electrons. The van der Waals surface area contributed by atoms with E-state index in [4.69, 9.17) is 0 Å². The molecule has 0 saturated heterocycles. The van der Waals surface area contributed by atoms with Crippen molar-refractivity contribution in [1.82, 2.24) is 0 Å². The second-order valence-corrected chi connectivity index (χ2v) is 5.71. The molecule has 0 heterocycles. The summed E-state index contributed by atoms with van der Waals surface area (Å²) in [5.41, 5.74) is 3.86. The van der Waals surface area contributed by atoms with E-state index in [0.29, 0.717) is 16.9 Å². The summed E-state index contributed by atoms with van der Waals surface area (Å²) in [7, 11) is 0. The maximum Gasteiger partial charge on any atom is 0.233 e. The number of aryl methyl sites for hydroxylation is 2. The minimum Gasteiger partial charge on any atom is -0.326 e. The molecule has 0 aromatic heterocycles. The molecular weight excluding hydrogens is 304 g/mol. The van der Waals surface area contributed by atoms with E-state index in [2.05, 4.69) is 10.6 Å². The largest absolute Gasteiger partial charge is 0.326 e. The third-order valence-corrected chi connectivity index (χ3v) is 3.66. The molecule has 5 heteroatoms. The number of anilines is 2. The fourth-order valence-corrected chi connectivity index (χ4v) is 2.19. The summed E-state index contributed by atoms with van der Waals surface area (Å²) < 4.78 is 0. The molecular formula is C19H20N2O3. The summed E-state index contributed by atoms with van der Waals surface area (Å²) in [4.78, 5) is 35.3. The summed E-state index contributed by atoms with van der Waals surface area (Å²) in [6.07, 6.45) is -0.294. The Morgan fingerprint density at radius 1 is 0.833 bits per heavy atom. The Hall–Kier alpha value is -2.95. The van der Waals surface area contributed by atoms with Gasteiger partial charge >= 0.3 is 0 Å². The van der Waals surface area contributed by atoms with Gasteiger partial charge in [-0.3, -0.25) is 14.4 Å². The van der Waals surface area contributed by atoms with Crippen LogP contribution in [0.1, 0.15) is 34.8 Å². The van der Waals surface area contributed by atoms with Crippen molar-refractivity contribution in [2.24, 2.45) is 0 Å². The number of amides is 2. The lowest BCUT2D eigenvalue weighted by molar-refractivity contribution is -0.123. The van der Waals surface area contributed by atoms with Gasteiger partial charge in [0.25, 0.3) is 0 Å². The van der Waals surface area contributed by atoms with Crippen molar-refractivity contribution in [3.8, 4) is 0 Å². The van der Waals surface area contributed by atoms with Crippen molar-refractivity contribution in [2.45, 2.75) is 27.2 Å². The minimum atomic E-state index is -0.433. The van der Waals surface area contributed by atoms with Gasteiger partial charge in [-0.05, 0) is 56.2 Å². The summed E-state index contributed by atoms with van der Waals surface area (Å²) >= 11 is 0. The quantitative estimate of drug-likeness (QED) is 0.653. The predicted molar refractivity (Wildman–Crippen MR) is 94.2 cm³/mol. The van der Waals surface area contributed by atoms with E-state index in [1.54, 1.807) is 30.3 Å². The number of benzene rings is 2. The van der Waals surface area contributed by atoms with Crippen LogP contribution in [0, 0.1) is 13.8 Å². The Morgan fingerprint density at radius 2 is 1.46 bits per heavy atom. The molecule has 0 fully saturated rings. The number of ketones is 1. The number of nitrogens with one attached hydrogen (secondary N) is 2. The molecule has 24 heavy (non-hydrogen) atoms. The Labute approximate surface area is 141 Å². The molecule has 2 aromatic carbocycles. The highest BCUT2D eigenvalue weighted by molar-refractivity contribution is 6.08. The van der Waals surface area contributed by atoms with Crippen LogP contribution in [-0.2, 0) is 9.59 Å². The fraction of sp³-hybridized carbons (Fsp3) is 0.211. The molecule has 0 saturated carbocycles. The number of carbonyl (C=O) groups excluding carboxylic acids is 3. The highest BCUT2D eigenvalue weighted by Crippen LogP contribution is 2.15. The highest BCUT2D eigenvalue weighted by atomic mass is 16.2. The number of rotatable bonds is 5. The van der Waals surface area contributed by atoms with Gasteiger partial charge < -0.3 is 10.6 Å². The number of hydrogen-bond donors (Lipinski definition) is 2. The Kier molecular flexibility index (Phi) is 5.47. The molecule has 2 aromatic rings. The number of Topliss-reactive ketones (excluding diaryl/α,β-unsaturated/α-hetero) is 1. The van der Waals surface area contributed by atoms with Crippen LogP contribution in [0.3, 0.4) is 0 Å². The van der Waals surface area contributed by atoms with Crippen LogP contribution in [0.4, 0.5) is 11.4 Å². The molecule has 2 amide bonds. The fourth-order valence-electron chi connectivity index (χ4n) is 2.19. The highest BCUT2D eigenvalue weighted by Gasteiger charge is 2.11. The van der Waals surface area contributed by atoms with Gasteiger partial charge in [0.05, 0.1) is 0 Å². The summed E-state index contributed by atoms with van der Waals surface area (Å²) in [6, 6.07) is 12.2. The zero-order chi connectivity index (χ0) is 17.7. The van der Waals surface area contributed by atoms with Crippen LogP contribution in [0.5, 0.6) is 0 Å². The Morgan fingerprint density at radius 3 is 2.04 bits per heavy atom. The van der Waals surface area contributed by atoms with Crippen LogP contribution in [-0.4, -0.2) is 17.6 Å². The average Bonchev–Trinajstić information content (AvgIpc) is 2.51. The van der Waals surface area contributed by atoms with Crippen molar-refractivity contribution < 1.29 is 14.4 Å². The van der Waals surface area contributed by atoms with Gasteiger partial charge in [0.2, 0.25) is 11.8 Å². The van der Waals surface area contributed by atoms with Crippen LogP contribution >= 0.6 is 0 Å². The van der Waals surface area contributed by atoms with Crippen LogP contribution in [0.25, 0.3) is 0 Å². The zero-order valence-corrected chi connectivity index (χ0v) is 14.0. The first-order chi connectivity index (χ1) is 11.3. The van der Waals surface area contributed by atoms with E-state index in [1.807, 2.05) is 26.0 Å². The average molecular weight is 324 g/mol. The molecule has 0 unspecified atom stereocenters. The summed E-state index contributed by atoms with van der Waals surface area (Å²) in [5.74, 6) is -0.908. The Bertz CT molecular complexity index is 797. The lowest BCUT2D eigenvalue weighted by Gasteiger charge is -2.09. The molecule has 0 aliphatic rings. The van der Waals surface area contributed by atoms with Gasteiger partial charge in [0, 0.05) is 16.9 Å². The van der Waals surface area contributed by atoms with Gasteiger partial charge in [-0.25, -0.2) is 0 Å². The maximum absolute atomic E-state index is 12.0. The van der Waals surface area contributed by atoms with Crippen molar-refractivity contribution in [3.05, 3.63) is 59.2 Å². The van der Waals surface area contributed by atoms with Crippen molar-refractivity contribution in [2.75, 3.05) is 10.6 Å². The third-order valence-electron chi connectivity index (χ3n) is 3.66. The standard InChI is InChI=1S/C19H20N2O3/c1-12-7-8-17(9-13(12)2)21-19(24)11-18(23)20-16-6-4-5-15(10-16)14(3)22/h4-10H,11H2,1-3H3,(H,20,23)(H,21,24). The molecule has 0 spiro atoms. The monoisotopic (exact) mass is 324 g/mol. The maximum atomic E-state index is 12.0. The van der Waals surface area contributed by atoms with E-state index in [9.17, 15) is 14.4 Å². The normalized spacial score (nSPS) is 10.1. The summed E-state index contributed by atoms with van der Waals surface area (Å²) in [6.45, 7) is 5.40. The lowest BCUT2D eigenvalue weighted by Crippen LogP contribution is -2.21. The van der Waals surface area contributed by atoms with E-state index in [1.165, 1.54) is 6.92 Å². The molecule has 0 bridgehead atoms. The second-order valence-electron chi connectivity index (χ2n) is 5.71. The molecule has 2 rings (SSSR count). The SMILES string of the molecule is CC(=O)c1cccc(NC(=O)CC(=O)Nc2ccc(C)c(C)c2)c1. The van der Waals surface area contributed by atoms with Crippen molar-refractivity contribution in [3.63, 3.8) is 0 Å². The van der Waals surface area contributed by atoms with Crippen molar-refractivity contribution >= 4 is 29.0 Å². The topological polar surface area (TPSA) is 75.3 Å². The molecule has 0 atom stereocenters. The van der Waals surface area contributed by atoms with Crippen molar-refractivity contribution in [1.29, 1.82) is 0 Å². The first kappa shape index (κ1) is 17.4. The smallest absolute Gasteiger partial charge is 0.233 e. The molecule has 2 N–H and O–H groups in total. The van der Waals surface area contributed by atoms with Gasteiger partial charge in [-0.1, -0.05) is 18.2 Å². The first-order valence-electron chi connectivity index (χ1n) is 7.63. The van der Waals surface area contributed by atoms with Gasteiger partial charge in [0.1, 0.15) is 6.42 Å². The van der Waals surface area contributed by atoms with Gasteiger partial charge in [-0.15, -0.1) is 0 Å². The van der Waals surface area contributed by atoms with Crippen LogP contribution < -0.4 is 10.6 Å². The first-order valence-corrected chi connectivity index (χ1v) is 7.63. The Balaban J connectivity index is 1.94. The van der Waals surface area contributed by atoms with Gasteiger partial charge in [-0.2, -0.15) is 0 Å². The van der Waals surface area contributed by atoms with Gasteiger partial charge in [0.15, 0.2) is 5.78 Å². The van der Waals surface area contributed by atoms with Crippen LogP contribution in [0.15, 0.2) is 42.5 Å². The molecule has 0 aliphatic heterocycles. The van der Waals surface area contributed by atoms with E-state index in [0.717, 1.165) is 11.1 Å². The lowest BCUT2D eigenvalue weighted by atomic mass is 10.1. The predicted octanol–water partition coefficient (Wildman–Crippen LogP) is 3.47. The van der Waals surface area contributed by atoms with E-state index < -0.39 is 11.8 Å². The van der Waals surface area contributed by atoms with E-state index in [-0.39, 0.29) is 12.2 Å². The number of carbonyl (C=O) groups is 3. The molecule has 0 aliphatic carbocycles. The molecule has 0 radical (unpaired) electrons. The van der Waals surface area contributed by atoms with E-state index >= 15 is 0 Å². The summed E-state index contributed by atoms with van der Waals surface area (Å²) in [5, 5.41) is 5.32. The molecule has 5 nitrogen and oxygen atoms in total.